The van der Waals surface area contributed by atoms with Crippen LogP contribution in [0.1, 0.15) is 37.3 Å². The van der Waals surface area contributed by atoms with Crippen LogP contribution in [0.5, 0.6) is 17.2 Å². The van der Waals surface area contributed by atoms with E-state index in [1.54, 1.807) is 24.3 Å². The van der Waals surface area contributed by atoms with Crippen LogP contribution < -0.4 is 8.92 Å². The zero-order chi connectivity index (χ0) is 21.6. The SMILES string of the molecule is CCCN1Cc2cccc(Oc3cccc(OS(=O)OCCCC(F)(F)F)c3)c2C1. The Hall–Kier alpha value is -2.10. The molecule has 0 aliphatic carbocycles. The van der Waals surface area contributed by atoms with Gasteiger partial charge in [0.25, 0.3) is 0 Å². The van der Waals surface area contributed by atoms with Gasteiger partial charge in [-0.2, -0.15) is 17.4 Å². The summed E-state index contributed by atoms with van der Waals surface area (Å²) in [5.41, 5.74) is 2.38. The van der Waals surface area contributed by atoms with Crippen molar-refractivity contribution < 1.29 is 30.5 Å². The van der Waals surface area contributed by atoms with Crippen LogP contribution in [0.4, 0.5) is 13.2 Å². The lowest BCUT2D eigenvalue weighted by Gasteiger charge is -2.13. The molecular formula is C21H24F3NO4S. The van der Waals surface area contributed by atoms with Gasteiger partial charge in [-0.3, -0.25) is 9.08 Å². The molecule has 0 bridgehead atoms. The summed E-state index contributed by atoms with van der Waals surface area (Å²) < 4.78 is 64.1. The van der Waals surface area contributed by atoms with E-state index in [2.05, 4.69) is 17.9 Å². The smallest absolute Gasteiger partial charge is 0.389 e. The normalized spacial score (nSPS) is 15.1. The summed E-state index contributed by atoms with van der Waals surface area (Å²) in [6.45, 7) is 4.58. The van der Waals surface area contributed by atoms with Crippen LogP contribution in [0, 0.1) is 0 Å². The quantitative estimate of drug-likeness (QED) is 0.453. The Labute approximate surface area is 176 Å². The van der Waals surface area contributed by atoms with E-state index in [-0.39, 0.29) is 18.8 Å². The molecule has 1 atom stereocenters. The Morgan fingerprint density at radius 2 is 1.87 bits per heavy atom. The summed E-state index contributed by atoms with van der Waals surface area (Å²) in [4.78, 5) is 2.36. The molecule has 0 amide bonds. The van der Waals surface area contributed by atoms with Gasteiger partial charge in [-0.25, -0.2) is 0 Å². The Bertz CT molecular complexity index is 876. The number of hydrogen-bond acceptors (Lipinski definition) is 5. The van der Waals surface area contributed by atoms with Crippen LogP contribution >= 0.6 is 0 Å². The molecular weight excluding hydrogens is 419 g/mol. The number of nitrogens with zero attached hydrogens (tertiary/aromatic N) is 1. The van der Waals surface area contributed by atoms with Crippen molar-refractivity contribution in [2.24, 2.45) is 0 Å². The standard InChI is InChI=1S/C21H24F3NO4S/c1-2-11-25-14-16-6-3-9-20(19(16)15-25)28-17-7-4-8-18(13-17)29-30(26)27-12-5-10-21(22,23)24/h3-4,6-9,13H,2,5,10-12,14-15H2,1H3. The first-order valence-corrected chi connectivity index (χ1v) is 10.7. The first-order valence-electron chi connectivity index (χ1n) is 9.75. The van der Waals surface area contributed by atoms with Gasteiger partial charge >= 0.3 is 17.5 Å². The van der Waals surface area contributed by atoms with Crippen molar-refractivity contribution in [2.45, 2.75) is 45.5 Å². The summed E-state index contributed by atoms with van der Waals surface area (Å²) in [5.74, 6) is 1.50. The third-order valence-corrected chi connectivity index (χ3v) is 5.21. The predicted molar refractivity (Wildman–Crippen MR) is 107 cm³/mol. The van der Waals surface area contributed by atoms with Crippen molar-refractivity contribution in [3.05, 3.63) is 53.6 Å². The number of halogens is 3. The molecule has 0 aromatic heterocycles. The van der Waals surface area contributed by atoms with E-state index in [0.29, 0.717) is 5.75 Å². The number of rotatable bonds is 10. The van der Waals surface area contributed by atoms with Crippen molar-refractivity contribution in [3.63, 3.8) is 0 Å². The van der Waals surface area contributed by atoms with Crippen molar-refractivity contribution in [2.75, 3.05) is 13.2 Å². The second-order valence-electron chi connectivity index (χ2n) is 7.01. The van der Waals surface area contributed by atoms with Crippen LogP contribution in [0.3, 0.4) is 0 Å². The van der Waals surface area contributed by atoms with Gasteiger partial charge in [-0.15, -0.1) is 0 Å². The molecule has 0 radical (unpaired) electrons. The zero-order valence-corrected chi connectivity index (χ0v) is 17.4. The molecule has 0 spiro atoms. The zero-order valence-electron chi connectivity index (χ0n) is 16.6. The largest absolute Gasteiger partial charge is 0.457 e. The Morgan fingerprint density at radius 3 is 2.63 bits per heavy atom. The number of hydrogen-bond donors (Lipinski definition) is 0. The Kier molecular flexibility index (Phi) is 7.74. The highest BCUT2D eigenvalue weighted by Gasteiger charge is 2.26. The van der Waals surface area contributed by atoms with Gasteiger partial charge in [0, 0.05) is 31.1 Å². The molecule has 1 aliphatic rings. The molecule has 9 heteroatoms. The first-order chi connectivity index (χ1) is 14.3. The molecule has 0 fully saturated rings. The van der Waals surface area contributed by atoms with Gasteiger partial charge in [0.05, 0.1) is 6.61 Å². The van der Waals surface area contributed by atoms with E-state index in [9.17, 15) is 17.4 Å². The molecule has 30 heavy (non-hydrogen) atoms. The van der Waals surface area contributed by atoms with Crippen molar-refractivity contribution in [3.8, 4) is 17.2 Å². The fourth-order valence-corrected chi connectivity index (χ4v) is 3.81. The van der Waals surface area contributed by atoms with Crippen LogP contribution in [0.2, 0.25) is 0 Å². The minimum absolute atomic E-state index is 0.238. The maximum absolute atomic E-state index is 12.1. The average Bonchev–Trinajstić information content (AvgIpc) is 3.09. The summed E-state index contributed by atoms with van der Waals surface area (Å²) in [6, 6.07) is 12.5. The van der Waals surface area contributed by atoms with Crippen molar-refractivity contribution in [1.82, 2.24) is 4.90 Å². The van der Waals surface area contributed by atoms with E-state index in [0.717, 1.165) is 37.4 Å². The predicted octanol–water partition coefficient (Wildman–Crippen LogP) is 5.52. The lowest BCUT2D eigenvalue weighted by Crippen LogP contribution is -2.16. The molecule has 3 rings (SSSR count). The van der Waals surface area contributed by atoms with Crippen LogP contribution in [-0.2, 0) is 28.6 Å². The summed E-state index contributed by atoms with van der Waals surface area (Å²) in [6.07, 6.45) is -4.46. The molecule has 0 saturated carbocycles. The molecule has 0 saturated heterocycles. The number of fused-ring (bicyclic) bond motifs is 1. The first kappa shape index (κ1) is 22.6. The number of alkyl halides is 3. The van der Waals surface area contributed by atoms with Crippen LogP contribution in [0.15, 0.2) is 42.5 Å². The minimum Gasteiger partial charge on any atom is -0.457 e. The highest BCUT2D eigenvalue weighted by Crippen LogP contribution is 2.34. The van der Waals surface area contributed by atoms with Crippen LogP contribution in [0.25, 0.3) is 0 Å². The van der Waals surface area contributed by atoms with E-state index in [1.165, 1.54) is 5.56 Å². The third-order valence-electron chi connectivity index (χ3n) is 4.53. The van der Waals surface area contributed by atoms with E-state index in [1.807, 2.05) is 12.1 Å². The number of benzene rings is 2. The molecule has 164 valence electrons. The highest BCUT2D eigenvalue weighted by molar-refractivity contribution is 7.75. The molecule has 2 aromatic carbocycles. The van der Waals surface area contributed by atoms with Crippen LogP contribution in [-0.4, -0.2) is 28.4 Å². The van der Waals surface area contributed by atoms with Gasteiger partial charge in [-0.1, -0.05) is 25.1 Å². The Balaban J connectivity index is 1.57. The minimum atomic E-state index is -4.26. The second-order valence-corrected chi connectivity index (χ2v) is 7.82. The topological polar surface area (TPSA) is 48.0 Å². The van der Waals surface area contributed by atoms with Gasteiger partial charge in [0.1, 0.15) is 17.2 Å². The lowest BCUT2D eigenvalue weighted by atomic mass is 10.1. The van der Waals surface area contributed by atoms with E-state index >= 15 is 0 Å². The maximum atomic E-state index is 12.1. The van der Waals surface area contributed by atoms with Gasteiger partial charge in [-0.05, 0) is 43.1 Å². The molecule has 5 nitrogen and oxygen atoms in total. The summed E-state index contributed by atoms with van der Waals surface area (Å²) >= 11 is -2.19. The Morgan fingerprint density at radius 1 is 1.10 bits per heavy atom. The summed E-state index contributed by atoms with van der Waals surface area (Å²) in [7, 11) is 0. The van der Waals surface area contributed by atoms with E-state index in [4.69, 9.17) is 13.1 Å². The fraction of sp³-hybridized carbons (Fsp3) is 0.429. The molecule has 2 aromatic rings. The summed E-state index contributed by atoms with van der Waals surface area (Å²) in [5, 5.41) is 0. The van der Waals surface area contributed by atoms with Gasteiger partial charge < -0.3 is 8.92 Å². The average molecular weight is 443 g/mol. The third kappa shape index (κ3) is 6.72. The van der Waals surface area contributed by atoms with E-state index < -0.39 is 24.0 Å². The second kappa shape index (κ2) is 10.3. The molecule has 1 heterocycles. The van der Waals surface area contributed by atoms with Gasteiger partial charge in [0.2, 0.25) is 0 Å². The molecule has 1 unspecified atom stereocenters. The lowest BCUT2D eigenvalue weighted by molar-refractivity contribution is -0.136. The van der Waals surface area contributed by atoms with Crippen molar-refractivity contribution >= 4 is 11.4 Å². The molecule has 0 N–H and O–H groups in total. The highest BCUT2D eigenvalue weighted by atomic mass is 32.2. The fourth-order valence-electron chi connectivity index (χ4n) is 3.25. The molecule has 1 aliphatic heterocycles. The monoisotopic (exact) mass is 443 g/mol. The maximum Gasteiger partial charge on any atom is 0.389 e. The van der Waals surface area contributed by atoms with Crippen molar-refractivity contribution in [1.29, 1.82) is 0 Å². The number of ether oxygens (including phenoxy) is 1. The van der Waals surface area contributed by atoms with Gasteiger partial charge in [0.15, 0.2) is 0 Å².